The zero-order chi connectivity index (χ0) is 11.9. The Morgan fingerprint density at radius 2 is 2.18 bits per heavy atom. The monoisotopic (exact) mass is 228 g/mol. The Balaban J connectivity index is 2.12. The quantitative estimate of drug-likeness (QED) is 0.791. The van der Waals surface area contributed by atoms with Gasteiger partial charge in [0.1, 0.15) is 0 Å². The molecular weight excluding hydrogens is 212 g/mol. The van der Waals surface area contributed by atoms with Gasteiger partial charge in [-0.1, -0.05) is 0 Å². The highest BCUT2D eigenvalue weighted by Gasteiger charge is 2.02. The molecule has 0 saturated carbocycles. The molecule has 0 aromatic carbocycles. The smallest absolute Gasteiger partial charge is 0.160 e. The first-order chi connectivity index (χ1) is 8.40. The van der Waals surface area contributed by atoms with E-state index in [-0.39, 0.29) is 0 Å². The molecule has 0 aliphatic carbocycles. The highest BCUT2D eigenvalue weighted by molar-refractivity contribution is 5.52. The molecule has 0 aliphatic heterocycles. The SMILES string of the molecule is CNCCCc1ccnc(-c2cccnc2)n1. The van der Waals surface area contributed by atoms with Crippen molar-refractivity contribution in [3.63, 3.8) is 0 Å². The maximum Gasteiger partial charge on any atom is 0.160 e. The van der Waals surface area contributed by atoms with Gasteiger partial charge in [-0.2, -0.15) is 0 Å². The fraction of sp³-hybridized carbons (Fsp3) is 0.308. The van der Waals surface area contributed by atoms with E-state index in [0.717, 1.165) is 36.5 Å². The Kier molecular flexibility index (Phi) is 4.16. The minimum atomic E-state index is 0.750. The van der Waals surface area contributed by atoms with E-state index >= 15 is 0 Å². The summed E-state index contributed by atoms with van der Waals surface area (Å²) in [6, 6.07) is 5.83. The summed E-state index contributed by atoms with van der Waals surface area (Å²) in [5, 5.41) is 3.13. The number of nitrogens with zero attached hydrogens (tertiary/aromatic N) is 3. The second-order valence-electron chi connectivity index (χ2n) is 3.82. The zero-order valence-electron chi connectivity index (χ0n) is 9.93. The van der Waals surface area contributed by atoms with E-state index in [4.69, 9.17) is 0 Å². The number of aryl methyl sites for hydroxylation is 1. The molecule has 0 amide bonds. The van der Waals surface area contributed by atoms with Gasteiger partial charge in [0.15, 0.2) is 5.82 Å². The van der Waals surface area contributed by atoms with Gasteiger partial charge in [0.05, 0.1) is 0 Å². The minimum Gasteiger partial charge on any atom is -0.320 e. The lowest BCUT2D eigenvalue weighted by Crippen LogP contribution is -2.09. The molecule has 17 heavy (non-hydrogen) atoms. The third-order valence-corrected chi connectivity index (χ3v) is 2.49. The Morgan fingerprint density at radius 1 is 1.24 bits per heavy atom. The Morgan fingerprint density at radius 3 is 2.94 bits per heavy atom. The van der Waals surface area contributed by atoms with E-state index in [9.17, 15) is 0 Å². The van der Waals surface area contributed by atoms with Crippen molar-refractivity contribution < 1.29 is 0 Å². The molecule has 1 N–H and O–H groups in total. The Bertz CT molecular complexity index is 456. The molecule has 0 spiro atoms. The van der Waals surface area contributed by atoms with Crippen molar-refractivity contribution in [2.24, 2.45) is 0 Å². The average Bonchev–Trinajstić information content (AvgIpc) is 2.41. The average molecular weight is 228 g/mol. The predicted octanol–water partition coefficient (Wildman–Crippen LogP) is 1.69. The van der Waals surface area contributed by atoms with Crippen LogP contribution in [0.25, 0.3) is 11.4 Å². The molecule has 0 aliphatic rings. The van der Waals surface area contributed by atoms with E-state index in [1.165, 1.54) is 0 Å². The standard InChI is InChI=1S/C13H16N4/c1-14-7-3-5-12-6-9-16-13(17-12)11-4-2-8-15-10-11/h2,4,6,8-10,14H,3,5,7H2,1H3. The number of aromatic nitrogens is 3. The first-order valence-corrected chi connectivity index (χ1v) is 5.77. The lowest BCUT2D eigenvalue weighted by atomic mass is 10.2. The summed E-state index contributed by atoms with van der Waals surface area (Å²) in [6.45, 7) is 1.01. The van der Waals surface area contributed by atoms with Crippen LogP contribution in [-0.4, -0.2) is 28.5 Å². The first kappa shape index (κ1) is 11.7. The molecular formula is C13H16N4. The minimum absolute atomic E-state index is 0.750. The number of rotatable bonds is 5. The molecule has 0 radical (unpaired) electrons. The predicted molar refractivity (Wildman–Crippen MR) is 67.5 cm³/mol. The van der Waals surface area contributed by atoms with Gasteiger partial charge >= 0.3 is 0 Å². The number of pyridine rings is 1. The van der Waals surface area contributed by atoms with Crippen molar-refractivity contribution in [2.75, 3.05) is 13.6 Å². The van der Waals surface area contributed by atoms with Crippen molar-refractivity contribution >= 4 is 0 Å². The molecule has 0 saturated heterocycles. The van der Waals surface area contributed by atoms with Crippen molar-refractivity contribution in [1.82, 2.24) is 20.3 Å². The van der Waals surface area contributed by atoms with Gasteiger partial charge in [-0.25, -0.2) is 9.97 Å². The normalized spacial score (nSPS) is 10.4. The lowest BCUT2D eigenvalue weighted by Gasteiger charge is -2.03. The molecule has 0 unspecified atom stereocenters. The van der Waals surface area contributed by atoms with Crippen molar-refractivity contribution in [3.8, 4) is 11.4 Å². The molecule has 4 heteroatoms. The van der Waals surface area contributed by atoms with Crippen LogP contribution in [0.3, 0.4) is 0 Å². The lowest BCUT2D eigenvalue weighted by molar-refractivity contribution is 0.714. The van der Waals surface area contributed by atoms with Gasteiger partial charge in [-0.05, 0) is 44.6 Å². The molecule has 2 heterocycles. The van der Waals surface area contributed by atoms with Gasteiger partial charge in [0.25, 0.3) is 0 Å². The summed E-state index contributed by atoms with van der Waals surface area (Å²) in [5.41, 5.74) is 2.04. The largest absolute Gasteiger partial charge is 0.320 e. The molecule has 2 aromatic heterocycles. The third kappa shape index (κ3) is 3.32. The van der Waals surface area contributed by atoms with Crippen molar-refractivity contribution in [3.05, 3.63) is 42.5 Å². The Hall–Kier alpha value is -1.81. The highest BCUT2D eigenvalue weighted by atomic mass is 14.9. The van der Waals surface area contributed by atoms with Gasteiger partial charge in [0.2, 0.25) is 0 Å². The van der Waals surface area contributed by atoms with Crippen LogP contribution in [0.2, 0.25) is 0 Å². The number of nitrogens with one attached hydrogen (secondary N) is 1. The molecule has 88 valence electrons. The number of hydrogen-bond acceptors (Lipinski definition) is 4. The summed E-state index contributed by atoms with van der Waals surface area (Å²) < 4.78 is 0. The van der Waals surface area contributed by atoms with Crippen molar-refractivity contribution in [1.29, 1.82) is 0 Å². The molecule has 0 atom stereocenters. The van der Waals surface area contributed by atoms with Crippen LogP contribution in [0, 0.1) is 0 Å². The summed E-state index contributed by atoms with van der Waals surface area (Å²) in [7, 11) is 1.96. The summed E-state index contributed by atoms with van der Waals surface area (Å²) >= 11 is 0. The zero-order valence-corrected chi connectivity index (χ0v) is 9.93. The van der Waals surface area contributed by atoms with E-state index in [1.54, 1.807) is 12.4 Å². The topological polar surface area (TPSA) is 50.7 Å². The van der Waals surface area contributed by atoms with E-state index in [1.807, 2.05) is 31.4 Å². The molecule has 2 rings (SSSR count). The van der Waals surface area contributed by atoms with Crippen LogP contribution >= 0.6 is 0 Å². The fourth-order valence-corrected chi connectivity index (χ4v) is 1.62. The third-order valence-electron chi connectivity index (χ3n) is 2.49. The maximum atomic E-state index is 4.54. The summed E-state index contributed by atoms with van der Waals surface area (Å²) in [6.07, 6.45) is 7.40. The molecule has 2 aromatic rings. The second kappa shape index (κ2) is 6.06. The van der Waals surface area contributed by atoms with Crippen LogP contribution in [0.5, 0.6) is 0 Å². The van der Waals surface area contributed by atoms with Crippen LogP contribution in [-0.2, 0) is 6.42 Å². The van der Waals surface area contributed by atoms with Crippen LogP contribution in [0.1, 0.15) is 12.1 Å². The Labute approximate surface area is 101 Å². The van der Waals surface area contributed by atoms with E-state index in [0.29, 0.717) is 0 Å². The maximum absolute atomic E-state index is 4.54. The molecule has 0 fully saturated rings. The van der Waals surface area contributed by atoms with E-state index < -0.39 is 0 Å². The number of hydrogen-bond donors (Lipinski definition) is 1. The van der Waals surface area contributed by atoms with Gasteiger partial charge in [0, 0.05) is 29.8 Å². The highest BCUT2D eigenvalue weighted by Crippen LogP contribution is 2.12. The second-order valence-corrected chi connectivity index (χ2v) is 3.82. The summed E-state index contributed by atoms with van der Waals surface area (Å²) in [5.74, 6) is 0.750. The molecule has 4 nitrogen and oxygen atoms in total. The fourth-order valence-electron chi connectivity index (χ4n) is 1.62. The van der Waals surface area contributed by atoms with Crippen molar-refractivity contribution in [2.45, 2.75) is 12.8 Å². The van der Waals surface area contributed by atoms with E-state index in [2.05, 4.69) is 20.3 Å². The van der Waals surface area contributed by atoms with Gasteiger partial charge in [-0.3, -0.25) is 4.98 Å². The van der Waals surface area contributed by atoms with Gasteiger partial charge < -0.3 is 5.32 Å². The van der Waals surface area contributed by atoms with Gasteiger partial charge in [-0.15, -0.1) is 0 Å². The van der Waals surface area contributed by atoms with Crippen LogP contribution in [0.4, 0.5) is 0 Å². The first-order valence-electron chi connectivity index (χ1n) is 5.77. The summed E-state index contributed by atoms with van der Waals surface area (Å²) in [4.78, 5) is 12.9. The van der Waals surface area contributed by atoms with Crippen LogP contribution in [0.15, 0.2) is 36.8 Å². The van der Waals surface area contributed by atoms with Crippen LogP contribution < -0.4 is 5.32 Å². The molecule has 0 bridgehead atoms.